The Bertz CT molecular complexity index is 924. The number of benzene rings is 3. The van der Waals surface area contributed by atoms with E-state index in [-0.39, 0.29) is 13.0 Å². The van der Waals surface area contributed by atoms with Gasteiger partial charge in [-0.3, -0.25) is 0 Å². The lowest BCUT2D eigenvalue weighted by molar-refractivity contribution is -0.159. The van der Waals surface area contributed by atoms with E-state index in [1.165, 1.54) is 6.92 Å². The molecule has 0 bridgehead atoms. The lowest BCUT2D eigenvalue weighted by atomic mass is 10.0. The maximum absolute atomic E-state index is 12.1. The van der Waals surface area contributed by atoms with Crippen molar-refractivity contribution < 1.29 is 29.3 Å². The predicted molar refractivity (Wildman–Crippen MR) is 124 cm³/mol. The van der Waals surface area contributed by atoms with Gasteiger partial charge < -0.3 is 25.4 Å². The van der Waals surface area contributed by atoms with Gasteiger partial charge in [-0.05, 0) is 23.6 Å². The summed E-state index contributed by atoms with van der Waals surface area (Å²) in [5, 5.41) is 19.1. The fourth-order valence-electron chi connectivity index (χ4n) is 2.93. The zero-order valence-corrected chi connectivity index (χ0v) is 18.4. The third kappa shape index (κ3) is 9.55. The summed E-state index contributed by atoms with van der Waals surface area (Å²) < 4.78 is 10.1. The zero-order chi connectivity index (χ0) is 24.1. The van der Waals surface area contributed by atoms with Gasteiger partial charge in [-0.1, -0.05) is 91.0 Å². The first-order valence-electron chi connectivity index (χ1n) is 10.5. The van der Waals surface area contributed by atoms with Crippen LogP contribution in [0, 0.1) is 0 Å². The highest BCUT2D eigenvalue weighted by Crippen LogP contribution is 2.26. The number of hydrogen-bond acceptors (Lipinski definition) is 6. The molecule has 2 atom stereocenters. The Morgan fingerprint density at radius 2 is 1.27 bits per heavy atom. The average Bonchev–Trinajstić information content (AvgIpc) is 2.83. The van der Waals surface area contributed by atoms with Gasteiger partial charge in [0.25, 0.3) is 0 Å². The monoisotopic (exact) mass is 451 g/mol. The summed E-state index contributed by atoms with van der Waals surface area (Å²) in [6.45, 7) is 1.76. The van der Waals surface area contributed by atoms with E-state index in [4.69, 9.17) is 10.5 Å². The number of nitrogens with two attached hydrogens (primary N) is 1. The lowest BCUT2D eigenvalue weighted by Crippen LogP contribution is -2.28. The van der Waals surface area contributed by atoms with Crippen molar-refractivity contribution in [3.8, 4) is 0 Å². The SMILES string of the molecule is CC(O)CC(O)C(=O)OC(c1ccccc1)c1ccccc1.NC(=O)OCc1ccccc1. The van der Waals surface area contributed by atoms with E-state index < -0.39 is 30.4 Å². The zero-order valence-electron chi connectivity index (χ0n) is 18.4. The first kappa shape index (κ1) is 25.6. The molecular weight excluding hydrogens is 422 g/mol. The van der Waals surface area contributed by atoms with E-state index in [0.29, 0.717) is 0 Å². The van der Waals surface area contributed by atoms with Gasteiger partial charge in [0.2, 0.25) is 0 Å². The van der Waals surface area contributed by atoms with Crippen molar-refractivity contribution in [1.82, 2.24) is 0 Å². The van der Waals surface area contributed by atoms with E-state index in [2.05, 4.69) is 4.74 Å². The molecule has 0 aliphatic rings. The van der Waals surface area contributed by atoms with E-state index in [9.17, 15) is 19.8 Å². The van der Waals surface area contributed by atoms with Gasteiger partial charge in [0.15, 0.2) is 12.2 Å². The molecule has 0 radical (unpaired) electrons. The first-order chi connectivity index (χ1) is 15.9. The van der Waals surface area contributed by atoms with Crippen LogP contribution >= 0.6 is 0 Å². The number of carbonyl (C=O) groups excluding carboxylic acids is 2. The summed E-state index contributed by atoms with van der Waals surface area (Å²) in [6, 6.07) is 28.1. The average molecular weight is 452 g/mol. The number of esters is 1. The molecule has 0 aliphatic carbocycles. The van der Waals surface area contributed by atoms with E-state index >= 15 is 0 Å². The summed E-state index contributed by atoms with van der Waals surface area (Å²) in [4.78, 5) is 22.2. The molecule has 0 aromatic heterocycles. The Balaban J connectivity index is 0.000000294. The van der Waals surface area contributed by atoms with Crippen LogP contribution in [0.15, 0.2) is 91.0 Å². The normalized spacial score (nSPS) is 12.1. The third-order valence-electron chi connectivity index (χ3n) is 4.50. The molecule has 3 aromatic rings. The van der Waals surface area contributed by atoms with E-state index in [1.807, 2.05) is 91.0 Å². The number of hydrogen-bond donors (Lipinski definition) is 3. The Kier molecular flexibility index (Phi) is 10.6. The van der Waals surface area contributed by atoms with E-state index in [1.54, 1.807) is 0 Å². The molecule has 1 amide bonds. The van der Waals surface area contributed by atoms with Crippen LogP contribution in [0.3, 0.4) is 0 Å². The molecule has 0 spiro atoms. The van der Waals surface area contributed by atoms with Crippen molar-refractivity contribution in [3.63, 3.8) is 0 Å². The smallest absolute Gasteiger partial charge is 0.404 e. The Morgan fingerprint density at radius 3 is 1.70 bits per heavy atom. The highest BCUT2D eigenvalue weighted by Gasteiger charge is 2.24. The van der Waals surface area contributed by atoms with Crippen LogP contribution in [0.1, 0.15) is 36.1 Å². The fraction of sp³-hybridized carbons (Fsp3) is 0.231. The largest absolute Gasteiger partial charge is 0.451 e. The number of rotatable bonds is 8. The topological polar surface area (TPSA) is 119 Å². The number of ether oxygens (including phenoxy) is 2. The molecule has 2 unspecified atom stereocenters. The molecule has 7 nitrogen and oxygen atoms in total. The van der Waals surface area contributed by atoms with E-state index in [0.717, 1.165) is 16.7 Å². The summed E-state index contributed by atoms with van der Waals surface area (Å²) in [5.41, 5.74) is 7.37. The second kappa shape index (κ2) is 13.7. The summed E-state index contributed by atoms with van der Waals surface area (Å²) >= 11 is 0. The maximum Gasteiger partial charge on any atom is 0.404 e. The number of aliphatic hydroxyl groups is 2. The van der Waals surface area contributed by atoms with Gasteiger partial charge in [-0.2, -0.15) is 0 Å². The molecule has 3 rings (SSSR count). The van der Waals surface area contributed by atoms with Crippen molar-refractivity contribution in [2.24, 2.45) is 5.73 Å². The van der Waals surface area contributed by atoms with Crippen LogP contribution in [0.4, 0.5) is 4.79 Å². The second-order valence-corrected chi connectivity index (χ2v) is 7.33. The molecule has 0 saturated heterocycles. The lowest BCUT2D eigenvalue weighted by Gasteiger charge is -2.21. The Morgan fingerprint density at radius 1 is 0.818 bits per heavy atom. The molecule has 3 aromatic carbocycles. The highest BCUT2D eigenvalue weighted by molar-refractivity contribution is 5.75. The molecule has 0 aliphatic heterocycles. The number of carbonyl (C=O) groups is 2. The van der Waals surface area contributed by atoms with Crippen molar-refractivity contribution in [2.75, 3.05) is 0 Å². The molecule has 33 heavy (non-hydrogen) atoms. The van der Waals surface area contributed by atoms with Crippen molar-refractivity contribution >= 4 is 12.1 Å². The van der Waals surface area contributed by atoms with Crippen LogP contribution < -0.4 is 5.73 Å². The molecule has 0 saturated carbocycles. The van der Waals surface area contributed by atoms with Gasteiger partial charge in [-0.25, -0.2) is 9.59 Å². The Labute approximate surface area is 193 Å². The summed E-state index contributed by atoms with van der Waals surface area (Å²) in [7, 11) is 0. The number of amides is 1. The standard InChI is InChI=1S/C18H20O4.C8H9NO2/c1-13(19)12-16(20)18(21)22-17(14-8-4-2-5-9-14)15-10-6-3-7-11-15;9-8(10)11-6-7-4-2-1-3-5-7/h2-11,13,16-17,19-20H,12H2,1H3;1-5H,6H2,(H2,9,10). The van der Waals surface area contributed by atoms with Crippen molar-refractivity contribution in [3.05, 3.63) is 108 Å². The number of aliphatic hydroxyl groups excluding tert-OH is 2. The van der Waals surface area contributed by atoms with Crippen LogP contribution in [0.5, 0.6) is 0 Å². The second-order valence-electron chi connectivity index (χ2n) is 7.33. The van der Waals surface area contributed by atoms with Crippen molar-refractivity contribution in [1.29, 1.82) is 0 Å². The van der Waals surface area contributed by atoms with Gasteiger partial charge in [0.05, 0.1) is 6.10 Å². The molecular formula is C26H29NO6. The van der Waals surface area contributed by atoms with Crippen LogP contribution in [-0.2, 0) is 20.9 Å². The minimum Gasteiger partial charge on any atom is -0.451 e. The number of primary amides is 1. The summed E-state index contributed by atoms with van der Waals surface area (Å²) in [5.74, 6) is -0.737. The molecule has 4 N–H and O–H groups in total. The van der Waals surface area contributed by atoms with Gasteiger partial charge in [0, 0.05) is 6.42 Å². The van der Waals surface area contributed by atoms with Crippen molar-refractivity contribution in [2.45, 2.75) is 38.3 Å². The van der Waals surface area contributed by atoms with Gasteiger partial charge >= 0.3 is 12.1 Å². The quantitative estimate of drug-likeness (QED) is 0.449. The first-order valence-corrected chi connectivity index (χ1v) is 10.5. The van der Waals surface area contributed by atoms with Gasteiger partial charge in [-0.15, -0.1) is 0 Å². The minimum absolute atomic E-state index is 0.0465. The predicted octanol–water partition coefficient (Wildman–Crippen LogP) is 3.73. The minimum atomic E-state index is -1.34. The molecule has 0 fully saturated rings. The van der Waals surface area contributed by atoms with Crippen LogP contribution in [0.25, 0.3) is 0 Å². The fourth-order valence-corrected chi connectivity index (χ4v) is 2.93. The third-order valence-corrected chi connectivity index (χ3v) is 4.50. The van der Waals surface area contributed by atoms with Crippen LogP contribution in [-0.4, -0.2) is 34.5 Å². The van der Waals surface area contributed by atoms with Gasteiger partial charge in [0.1, 0.15) is 6.61 Å². The molecule has 0 heterocycles. The maximum atomic E-state index is 12.1. The molecule has 174 valence electrons. The summed E-state index contributed by atoms with van der Waals surface area (Å²) in [6.07, 6.45) is -3.48. The molecule has 7 heteroatoms. The van der Waals surface area contributed by atoms with Crippen LogP contribution in [0.2, 0.25) is 0 Å². The highest BCUT2D eigenvalue weighted by atomic mass is 16.6. The Hall–Kier alpha value is -3.68.